The summed E-state index contributed by atoms with van der Waals surface area (Å²) in [6, 6.07) is 42.8. The summed E-state index contributed by atoms with van der Waals surface area (Å²) in [6.45, 7) is 5.02. The number of pyridine rings is 1. The molecule has 0 bridgehead atoms. The van der Waals surface area contributed by atoms with Gasteiger partial charge in [-0.1, -0.05) is 127 Å². The summed E-state index contributed by atoms with van der Waals surface area (Å²) in [5.74, 6) is -0.461. The number of carboxylic acid groups (broad SMARTS) is 1. The molecule has 0 aliphatic carbocycles. The fourth-order valence-corrected chi connectivity index (χ4v) is 8.30. The van der Waals surface area contributed by atoms with Crippen LogP contribution in [0.4, 0.5) is 4.79 Å². The lowest BCUT2D eigenvalue weighted by Crippen LogP contribution is -2.43. The molecule has 0 spiro atoms. The normalized spacial score (nSPS) is 12.6. The second-order valence-corrected chi connectivity index (χ2v) is 16.4. The molecular formula is C45H49N3O6S2. The lowest BCUT2D eigenvalue weighted by molar-refractivity contribution is -0.142. The molecule has 56 heavy (non-hydrogen) atoms. The molecule has 292 valence electrons. The van der Waals surface area contributed by atoms with Crippen LogP contribution in [0.1, 0.15) is 49.4 Å². The molecule has 2 atom stereocenters. The zero-order valence-corrected chi connectivity index (χ0v) is 33.8. The third kappa shape index (κ3) is 11.6. The molecule has 2 amide bonds. The van der Waals surface area contributed by atoms with Gasteiger partial charge in [-0.25, -0.2) is 14.6 Å². The van der Waals surface area contributed by atoms with Crippen molar-refractivity contribution in [3.63, 3.8) is 0 Å². The first kappa shape index (κ1) is 41.9. The lowest BCUT2D eigenvalue weighted by Gasteiger charge is -2.37. The first-order chi connectivity index (χ1) is 27.0. The molecule has 0 saturated carbocycles. The zero-order chi connectivity index (χ0) is 40.0. The van der Waals surface area contributed by atoms with Gasteiger partial charge in [-0.15, -0.1) is 11.8 Å². The van der Waals surface area contributed by atoms with Crippen molar-refractivity contribution in [2.24, 2.45) is 0 Å². The Morgan fingerprint density at radius 3 is 1.79 bits per heavy atom. The third-order valence-corrected chi connectivity index (χ3v) is 11.2. The minimum absolute atomic E-state index is 0.207. The van der Waals surface area contributed by atoms with E-state index >= 15 is 0 Å². The molecular weight excluding hydrogens is 743 g/mol. The monoisotopic (exact) mass is 791 g/mol. The summed E-state index contributed by atoms with van der Waals surface area (Å²) < 4.78 is 11.2. The summed E-state index contributed by atoms with van der Waals surface area (Å²) in [4.78, 5) is 43.2. The van der Waals surface area contributed by atoms with Crippen molar-refractivity contribution in [2.45, 2.75) is 56.0 Å². The summed E-state index contributed by atoms with van der Waals surface area (Å²) in [7, 11) is 0. The average molecular weight is 792 g/mol. The van der Waals surface area contributed by atoms with Gasteiger partial charge in [0.05, 0.1) is 10.4 Å². The SMILES string of the molecule is CSCC[C@H](NC(=O)COc1nc(-c2ccccc2)ccc1CC(CSC(c1ccccc1)(c1ccccc1)c1ccccc1)NC(=O)OC(C)(C)C)C(=O)O. The van der Waals surface area contributed by atoms with Crippen LogP contribution in [0.15, 0.2) is 133 Å². The minimum atomic E-state index is -1.11. The second kappa shape index (κ2) is 20.1. The standard InChI is InChI=1S/C45H49N3O6S2/c1-44(2,3)54-43(52)46-37(31-56-45(34-19-11-6-12-20-34,35-21-13-7-14-22-35)36-23-15-8-16-24-36)29-33-25-26-38(32-17-9-5-10-18-32)48-41(33)53-30-40(49)47-39(42(50)51)27-28-55-4/h5-26,37,39H,27-31H2,1-4H3,(H,46,52)(H,47,49)(H,50,51)/t37?,39-/m0/s1. The Kier molecular flexibility index (Phi) is 15.0. The maximum absolute atomic E-state index is 13.5. The molecule has 1 aromatic heterocycles. The molecule has 1 unspecified atom stereocenters. The fraction of sp³-hybridized carbons (Fsp3) is 0.289. The summed E-state index contributed by atoms with van der Waals surface area (Å²) >= 11 is 3.21. The Bertz CT molecular complexity index is 1920. The van der Waals surface area contributed by atoms with E-state index in [9.17, 15) is 19.5 Å². The predicted octanol–water partition coefficient (Wildman–Crippen LogP) is 8.61. The summed E-state index contributed by atoms with van der Waals surface area (Å²) in [5, 5.41) is 15.4. The molecule has 9 nitrogen and oxygen atoms in total. The van der Waals surface area contributed by atoms with Gasteiger partial charge in [0.25, 0.3) is 5.91 Å². The number of carbonyl (C=O) groups is 3. The highest BCUT2D eigenvalue weighted by molar-refractivity contribution is 8.00. The number of aliphatic carboxylic acids is 1. The van der Waals surface area contributed by atoms with Crippen molar-refractivity contribution in [1.82, 2.24) is 15.6 Å². The molecule has 5 aromatic rings. The Morgan fingerprint density at radius 2 is 1.29 bits per heavy atom. The molecule has 0 radical (unpaired) electrons. The molecule has 0 saturated heterocycles. The van der Waals surface area contributed by atoms with E-state index in [2.05, 4.69) is 47.0 Å². The van der Waals surface area contributed by atoms with Gasteiger partial charge in [0.2, 0.25) is 5.88 Å². The molecule has 4 aromatic carbocycles. The number of aromatic nitrogens is 1. The number of benzene rings is 4. The highest BCUT2D eigenvalue weighted by Gasteiger charge is 2.38. The summed E-state index contributed by atoms with van der Waals surface area (Å²) in [6.07, 6.45) is 1.88. The van der Waals surface area contributed by atoms with E-state index in [0.717, 1.165) is 22.3 Å². The number of amides is 2. The van der Waals surface area contributed by atoms with E-state index < -0.39 is 47.0 Å². The highest BCUT2D eigenvalue weighted by atomic mass is 32.2. The topological polar surface area (TPSA) is 127 Å². The molecule has 0 aliphatic heterocycles. The van der Waals surface area contributed by atoms with Crippen LogP contribution in [0, 0.1) is 0 Å². The number of ether oxygens (including phenoxy) is 2. The Morgan fingerprint density at radius 1 is 0.750 bits per heavy atom. The van der Waals surface area contributed by atoms with Crippen LogP contribution < -0.4 is 15.4 Å². The van der Waals surface area contributed by atoms with Gasteiger partial charge in [0, 0.05) is 22.9 Å². The van der Waals surface area contributed by atoms with Crippen LogP contribution in [0.5, 0.6) is 5.88 Å². The number of alkyl carbamates (subject to hydrolysis) is 1. The van der Waals surface area contributed by atoms with Gasteiger partial charge < -0.3 is 25.2 Å². The highest BCUT2D eigenvalue weighted by Crippen LogP contribution is 2.48. The maximum Gasteiger partial charge on any atom is 0.407 e. The smallest absolute Gasteiger partial charge is 0.407 e. The van der Waals surface area contributed by atoms with Gasteiger partial charge in [-0.3, -0.25) is 4.79 Å². The van der Waals surface area contributed by atoms with Gasteiger partial charge in [0.15, 0.2) is 6.61 Å². The van der Waals surface area contributed by atoms with E-state index in [-0.39, 0.29) is 18.7 Å². The van der Waals surface area contributed by atoms with Gasteiger partial charge in [0.1, 0.15) is 11.6 Å². The van der Waals surface area contributed by atoms with E-state index in [1.54, 1.807) is 11.8 Å². The third-order valence-electron chi connectivity index (χ3n) is 8.82. The van der Waals surface area contributed by atoms with Crippen LogP contribution >= 0.6 is 23.5 Å². The largest absolute Gasteiger partial charge is 0.480 e. The van der Waals surface area contributed by atoms with E-state index in [4.69, 9.17) is 14.5 Å². The number of hydrogen-bond acceptors (Lipinski definition) is 8. The molecule has 3 N–H and O–H groups in total. The quantitative estimate of drug-likeness (QED) is 0.0748. The minimum Gasteiger partial charge on any atom is -0.480 e. The predicted molar refractivity (Wildman–Crippen MR) is 226 cm³/mol. The molecule has 5 rings (SSSR count). The lowest BCUT2D eigenvalue weighted by atomic mass is 9.84. The van der Waals surface area contributed by atoms with Crippen molar-refractivity contribution < 1.29 is 29.0 Å². The maximum atomic E-state index is 13.5. The van der Waals surface area contributed by atoms with Gasteiger partial charge >= 0.3 is 12.1 Å². The number of hydrogen-bond donors (Lipinski definition) is 3. The fourth-order valence-electron chi connectivity index (χ4n) is 6.27. The number of rotatable bonds is 18. The Balaban J connectivity index is 1.52. The number of nitrogens with zero attached hydrogens (tertiary/aromatic N) is 1. The number of carbonyl (C=O) groups excluding carboxylic acids is 2. The average Bonchev–Trinajstić information content (AvgIpc) is 3.20. The van der Waals surface area contributed by atoms with Crippen molar-refractivity contribution in [3.05, 3.63) is 156 Å². The van der Waals surface area contributed by atoms with Crippen LogP contribution in [0.25, 0.3) is 11.3 Å². The van der Waals surface area contributed by atoms with Crippen LogP contribution in [0.3, 0.4) is 0 Å². The van der Waals surface area contributed by atoms with E-state index in [1.807, 2.05) is 124 Å². The van der Waals surface area contributed by atoms with Crippen molar-refractivity contribution in [3.8, 4) is 17.1 Å². The number of thioether (sulfide) groups is 2. The van der Waals surface area contributed by atoms with Crippen molar-refractivity contribution in [1.29, 1.82) is 0 Å². The first-order valence-electron chi connectivity index (χ1n) is 18.5. The van der Waals surface area contributed by atoms with E-state index in [1.165, 1.54) is 11.8 Å². The Labute approximate surface area is 338 Å². The van der Waals surface area contributed by atoms with Crippen molar-refractivity contribution in [2.75, 3.05) is 24.4 Å². The van der Waals surface area contributed by atoms with Gasteiger partial charge in [-0.2, -0.15) is 11.8 Å². The summed E-state index contributed by atoms with van der Waals surface area (Å²) in [5.41, 5.74) is 4.66. The molecule has 1 heterocycles. The second-order valence-electron chi connectivity index (χ2n) is 14.2. The van der Waals surface area contributed by atoms with Crippen LogP contribution in [-0.4, -0.2) is 70.1 Å². The van der Waals surface area contributed by atoms with Crippen LogP contribution in [0.2, 0.25) is 0 Å². The van der Waals surface area contributed by atoms with Gasteiger partial charge in [-0.05, 0) is 68.4 Å². The van der Waals surface area contributed by atoms with Crippen LogP contribution in [-0.2, 0) is 25.5 Å². The first-order valence-corrected chi connectivity index (χ1v) is 20.9. The molecule has 11 heteroatoms. The Hall–Kier alpha value is -5.26. The molecule has 0 aliphatic rings. The molecule has 0 fully saturated rings. The van der Waals surface area contributed by atoms with Crippen molar-refractivity contribution >= 4 is 41.5 Å². The number of carboxylic acids is 1. The van der Waals surface area contributed by atoms with E-state index in [0.29, 0.717) is 22.8 Å². The zero-order valence-electron chi connectivity index (χ0n) is 32.1. The number of nitrogens with one attached hydrogen (secondary N) is 2.